The van der Waals surface area contributed by atoms with Crippen molar-refractivity contribution in [3.63, 3.8) is 0 Å². The summed E-state index contributed by atoms with van der Waals surface area (Å²) >= 11 is 0. The van der Waals surface area contributed by atoms with E-state index in [2.05, 4.69) is 77.1 Å². The number of carbonyl (C=O) groups is 2. The monoisotopic (exact) mass is 567 g/mol. The Balaban J connectivity index is 1.11. The van der Waals surface area contributed by atoms with Crippen LogP contribution in [0.2, 0.25) is 0 Å². The topological polar surface area (TPSA) is 80.5 Å². The molecule has 2 heterocycles. The third-order valence-corrected chi connectivity index (χ3v) is 9.81. The first-order chi connectivity index (χ1) is 20.4. The van der Waals surface area contributed by atoms with Crippen LogP contribution < -0.4 is 10.6 Å². The summed E-state index contributed by atoms with van der Waals surface area (Å²) in [6.07, 6.45) is 13.5. The van der Waals surface area contributed by atoms with Crippen LogP contribution in [-0.2, 0) is 16.6 Å². The molecule has 2 aliphatic carbocycles. The van der Waals surface area contributed by atoms with Gasteiger partial charge in [-0.05, 0) is 80.8 Å². The molecule has 0 bridgehead atoms. The molecule has 6 rings (SSSR count). The summed E-state index contributed by atoms with van der Waals surface area (Å²) in [6.45, 7) is 3.10. The van der Waals surface area contributed by atoms with Crippen LogP contribution in [0.15, 0.2) is 60.8 Å². The summed E-state index contributed by atoms with van der Waals surface area (Å²) in [7, 11) is 4.27. The molecule has 222 valence electrons. The molecule has 1 spiro atoms. The van der Waals surface area contributed by atoms with Gasteiger partial charge in [-0.25, -0.2) is 4.79 Å². The second-order valence-corrected chi connectivity index (χ2v) is 13.0. The first-order valence-corrected chi connectivity index (χ1v) is 15.7. The highest BCUT2D eigenvalue weighted by Crippen LogP contribution is 2.43. The van der Waals surface area contributed by atoms with Gasteiger partial charge in [0.2, 0.25) is 5.91 Å². The fourth-order valence-corrected chi connectivity index (χ4v) is 7.59. The zero-order chi connectivity index (χ0) is 29.1. The van der Waals surface area contributed by atoms with Crippen molar-refractivity contribution in [3.05, 3.63) is 77.5 Å². The molecule has 2 aromatic carbocycles. The number of rotatable bonds is 8. The van der Waals surface area contributed by atoms with E-state index in [1.165, 1.54) is 24.0 Å². The first kappa shape index (κ1) is 28.5. The maximum absolute atomic E-state index is 13.7. The van der Waals surface area contributed by atoms with Gasteiger partial charge in [-0.2, -0.15) is 0 Å². The van der Waals surface area contributed by atoms with Crippen molar-refractivity contribution in [2.75, 3.05) is 40.3 Å². The fraction of sp³-hybridized carbons (Fsp3) is 0.486. The van der Waals surface area contributed by atoms with Crippen molar-refractivity contribution < 1.29 is 9.59 Å². The van der Waals surface area contributed by atoms with Crippen LogP contribution in [0.3, 0.4) is 0 Å². The summed E-state index contributed by atoms with van der Waals surface area (Å²) < 4.78 is 0. The van der Waals surface area contributed by atoms with Crippen LogP contribution in [0.1, 0.15) is 55.2 Å². The van der Waals surface area contributed by atoms with Crippen molar-refractivity contribution in [2.24, 2.45) is 11.8 Å². The van der Waals surface area contributed by atoms with Gasteiger partial charge in [-0.1, -0.05) is 61.0 Å². The highest BCUT2D eigenvalue weighted by Gasteiger charge is 2.39. The summed E-state index contributed by atoms with van der Waals surface area (Å²) in [4.78, 5) is 34.8. The summed E-state index contributed by atoms with van der Waals surface area (Å²) in [6, 6.07) is 15.9. The number of urea groups is 1. The van der Waals surface area contributed by atoms with Gasteiger partial charge >= 0.3 is 6.03 Å². The Bertz CT molecular complexity index is 1430. The number of hydrogen-bond donors (Lipinski definition) is 3. The molecule has 7 heteroatoms. The number of allylic oxidation sites excluding steroid dienone is 1. The molecule has 42 heavy (non-hydrogen) atoms. The Kier molecular flexibility index (Phi) is 8.38. The zero-order valence-corrected chi connectivity index (χ0v) is 25.1. The van der Waals surface area contributed by atoms with Crippen molar-refractivity contribution in [1.29, 1.82) is 0 Å². The molecule has 3 N–H and O–H groups in total. The van der Waals surface area contributed by atoms with E-state index in [1.807, 2.05) is 29.3 Å². The van der Waals surface area contributed by atoms with E-state index in [-0.39, 0.29) is 17.4 Å². The Morgan fingerprint density at radius 2 is 1.81 bits per heavy atom. The van der Waals surface area contributed by atoms with Crippen molar-refractivity contribution in [1.82, 2.24) is 25.4 Å². The van der Waals surface area contributed by atoms with Gasteiger partial charge < -0.3 is 25.4 Å². The molecule has 1 aliphatic heterocycles. The normalized spacial score (nSPS) is 21.9. The molecular weight excluding hydrogens is 522 g/mol. The molecular formula is C35H45N5O2. The van der Waals surface area contributed by atoms with Crippen molar-refractivity contribution >= 4 is 28.9 Å². The zero-order valence-electron chi connectivity index (χ0n) is 25.1. The van der Waals surface area contributed by atoms with Gasteiger partial charge in [-0.15, -0.1) is 0 Å². The van der Waals surface area contributed by atoms with Gasteiger partial charge in [0.15, 0.2) is 0 Å². The molecule has 3 aliphatic rings. The molecule has 7 nitrogen and oxygen atoms in total. The lowest BCUT2D eigenvalue weighted by Gasteiger charge is -2.39. The molecule has 1 saturated carbocycles. The van der Waals surface area contributed by atoms with Crippen LogP contribution in [0.4, 0.5) is 4.79 Å². The maximum atomic E-state index is 13.7. The largest absolute Gasteiger partial charge is 0.361 e. The number of hydrogen-bond acceptors (Lipinski definition) is 3. The number of fused-ring (bicyclic) bond motifs is 3. The van der Waals surface area contributed by atoms with Crippen molar-refractivity contribution in [3.8, 4) is 0 Å². The standard InChI is InChI=1S/C35H45N5O2/c1-39(2)24-26-9-7-8-25(20-26)22-37-33(41)32(21-28-23-36-31-13-6-4-11-29(28)31)38-34(42)40-18-16-35(17-19-40)15-14-27-10-3-5-12-30(27)35/h3-6,10-15,23,25-26,32,36H,7-9,16-22,24H2,1-2H3,(H,37,41)(H,38,42)/t25-,26+,32-/m1/s1. The van der Waals surface area contributed by atoms with Gasteiger partial charge in [0, 0.05) is 55.1 Å². The van der Waals surface area contributed by atoms with E-state index in [0.29, 0.717) is 37.9 Å². The number of benzene rings is 2. The molecule has 2 fully saturated rings. The number of para-hydroxylation sites is 1. The van der Waals surface area contributed by atoms with Gasteiger partial charge in [-0.3, -0.25) is 4.79 Å². The number of nitrogens with zero attached hydrogens (tertiary/aromatic N) is 2. The van der Waals surface area contributed by atoms with E-state index >= 15 is 0 Å². The lowest BCUT2D eigenvalue weighted by Crippen LogP contribution is -2.55. The molecule has 0 radical (unpaired) electrons. The third kappa shape index (κ3) is 6.12. The number of H-pyrrole nitrogens is 1. The van der Waals surface area contributed by atoms with E-state index in [9.17, 15) is 9.59 Å². The maximum Gasteiger partial charge on any atom is 0.318 e. The second kappa shape index (κ2) is 12.3. The predicted molar refractivity (Wildman–Crippen MR) is 169 cm³/mol. The quantitative estimate of drug-likeness (QED) is 0.344. The van der Waals surface area contributed by atoms with E-state index < -0.39 is 6.04 Å². The minimum atomic E-state index is -0.638. The Morgan fingerprint density at radius 3 is 2.64 bits per heavy atom. The van der Waals surface area contributed by atoms with E-state index in [0.717, 1.165) is 48.7 Å². The average molecular weight is 568 g/mol. The smallest absolute Gasteiger partial charge is 0.318 e. The van der Waals surface area contributed by atoms with Crippen LogP contribution in [0.5, 0.6) is 0 Å². The lowest BCUT2D eigenvalue weighted by atomic mass is 9.74. The molecule has 1 saturated heterocycles. The number of aromatic amines is 1. The number of amides is 3. The minimum absolute atomic E-state index is 0.0125. The summed E-state index contributed by atoms with van der Waals surface area (Å²) in [5, 5.41) is 7.48. The summed E-state index contributed by atoms with van der Waals surface area (Å²) in [5.41, 5.74) is 4.76. The van der Waals surface area contributed by atoms with Crippen molar-refractivity contribution in [2.45, 2.75) is 56.4 Å². The minimum Gasteiger partial charge on any atom is -0.361 e. The Labute approximate surface area is 249 Å². The number of aromatic nitrogens is 1. The second-order valence-electron chi connectivity index (χ2n) is 13.0. The Hall–Kier alpha value is -3.58. The highest BCUT2D eigenvalue weighted by atomic mass is 16.2. The summed E-state index contributed by atoms with van der Waals surface area (Å²) in [5.74, 6) is 1.07. The van der Waals surface area contributed by atoms with E-state index in [4.69, 9.17) is 0 Å². The molecule has 3 atom stereocenters. The van der Waals surface area contributed by atoms with Gasteiger partial charge in [0.1, 0.15) is 6.04 Å². The molecule has 3 amide bonds. The highest BCUT2D eigenvalue weighted by molar-refractivity contribution is 5.89. The lowest BCUT2D eigenvalue weighted by molar-refractivity contribution is -0.123. The van der Waals surface area contributed by atoms with Gasteiger partial charge in [0.05, 0.1) is 0 Å². The first-order valence-electron chi connectivity index (χ1n) is 15.7. The van der Waals surface area contributed by atoms with Crippen LogP contribution in [-0.4, -0.2) is 73.0 Å². The number of carbonyl (C=O) groups excluding carboxylic acids is 2. The predicted octanol–water partition coefficient (Wildman–Crippen LogP) is 5.33. The van der Waals surface area contributed by atoms with Gasteiger partial charge in [0.25, 0.3) is 0 Å². The van der Waals surface area contributed by atoms with Crippen LogP contribution in [0, 0.1) is 11.8 Å². The number of likely N-dealkylation sites (tertiary alicyclic amines) is 1. The SMILES string of the molecule is CN(C)C[C@H]1CCC[C@@H](CNC(=O)[C@@H](Cc2c[nH]c3ccccc23)NC(=O)N2CCC3(C=Cc4ccccc43)CC2)C1. The number of nitrogens with one attached hydrogen (secondary N) is 3. The molecule has 0 unspecified atom stereocenters. The Morgan fingerprint density at radius 1 is 1.05 bits per heavy atom. The fourth-order valence-electron chi connectivity index (χ4n) is 7.59. The molecule has 1 aromatic heterocycles. The molecule has 3 aromatic rings. The number of piperidine rings is 1. The van der Waals surface area contributed by atoms with Crippen LogP contribution in [0.25, 0.3) is 17.0 Å². The average Bonchev–Trinajstić information content (AvgIpc) is 3.57. The van der Waals surface area contributed by atoms with Crippen LogP contribution >= 0.6 is 0 Å². The van der Waals surface area contributed by atoms with E-state index in [1.54, 1.807) is 0 Å². The third-order valence-electron chi connectivity index (χ3n) is 9.81.